The van der Waals surface area contributed by atoms with Gasteiger partial charge in [0.1, 0.15) is 5.75 Å². The second-order valence-corrected chi connectivity index (χ2v) is 3.10. The number of rotatable bonds is 1. The molecule has 1 rings (SSSR count). The Labute approximate surface area is 73.0 Å². The van der Waals surface area contributed by atoms with E-state index in [2.05, 4.69) is 15.9 Å². The molecule has 0 bridgehead atoms. The molecule has 58 valence electrons. The lowest BCUT2D eigenvalue weighted by Gasteiger charge is -2.02. The van der Waals surface area contributed by atoms with Crippen molar-refractivity contribution in [2.24, 2.45) is 0 Å². The van der Waals surface area contributed by atoms with Crippen LogP contribution in [0.15, 0.2) is 16.6 Å². The zero-order valence-corrected chi connectivity index (χ0v) is 7.55. The van der Waals surface area contributed by atoms with Crippen molar-refractivity contribution < 1.29 is 9.90 Å². The van der Waals surface area contributed by atoms with Gasteiger partial charge in [-0.1, -0.05) is 6.07 Å². The number of aldehydes is 1. The molecule has 0 spiro atoms. The molecule has 1 N–H and O–H groups in total. The molecule has 0 saturated carbocycles. The fourth-order valence-corrected chi connectivity index (χ4v) is 1.22. The van der Waals surface area contributed by atoms with E-state index in [0.29, 0.717) is 21.9 Å². The maximum absolute atomic E-state index is 10.4. The van der Waals surface area contributed by atoms with Crippen LogP contribution in [0.1, 0.15) is 15.9 Å². The van der Waals surface area contributed by atoms with Gasteiger partial charge in [0.15, 0.2) is 6.29 Å². The summed E-state index contributed by atoms with van der Waals surface area (Å²) in [7, 11) is 0. The molecule has 1 aromatic carbocycles. The standard InChI is InChI=1S/C8H7BrO2/c1-5-2-3-7(9)6(4-10)8(5)11/h2-4,11H,1H3. The molecule has 0 aliphatic rings. The lowest BCUT2D eigenvalue weighted by Crippen LogP contribution is -1.85. The highest BCUT2D eigenvalue weighted by Crippen LogP contribution is 2.27. The molecule has 11 heavy (non-hydrogen) atoms. The Morgan fingerprint density at radius 3 is 2.64 bits per heavy atom. The van der Waals surface area contributed by atoms with Crippen molar-refractivity contribution in [3.8, 4) is 5.75 Å². The first kappa shape index (κ1) is 8.27. The zero-order valence-electron chi connectivity index (χ0n) is 5.97. The highest BCUT2D eigenvalue weighted by atomic mass is 79.9. The summed E-state index contributed by atoms with van der Waals surface area (Å²) in [5, 5.41) is 9.32. The summed E-state index contributed by atoms with van der Waals surface area (Å²) in [4.78, 5) is 10.4. The average molecular weight is 215 g/mol. The Bertz CT molecular complexity index is 294. The normalized spacial score (nSPS) is 9.64. The van der Waals surface area contributed by atoms with Crippen molar-refractivity contribution in [1.82, 2.24) is 0 Å². The molecule has 0 radical (unpaired) electrons. The van der Waals surface area contributed by atoms with E-state index in [0.717, 1.165) is 0 Å². The summed E-state index contributed by atoms with van der Waals surface area (Å²) in [6.07, 6.45) is 0.631. The number of halogens is 1. The Kier molecular flexibility index (Phi) is 2.29. The third-order valence-corrected chi connectivity index (χ3v) is 2.17. The molecule has 0 amide bonds. The first-order chi connectivity index (χ1) is 5.16. The number of aromatic hydroxyl groups is 1. The number of benzene rings is 1. The zero-order chi connectivity index (χ0) is 8.43. The number of aryl methyl sites for hydroxylation is 1. The molecule has 0 fully saturated rings. The maximum atomic E-state index is 10.4. The summed E-state index contributed by atoms with van der Waals surface area (Å²) in [5.41, 5.74) is 1.01. The van der Waals surface area contributed by atoms with Crippen LogP contribution in [0.5, 0.6) is 5.75 Å². The summed E-state index contributed by atoms with van der Waals surface area (Å²) in [6, 6.07) is 3.48. The quantitative estimate of drug-likeness (QED) is 0.729. The lowest BCUT2D eigenvalue weighted by molar-refractivity contribution is 0.112. The second-order valence-electron chi connectivity index (χ2n) is 2.24. The Balaban J connectivity index is 3.40. The molecule has 0 aliphatic carbocycles. The van der Waals surface area contributed by atoms with E-state index >= 15 is 0 Å². The molecule has 0 heterocycles. The van der Waals surface area contributed by atoms with E-state index in [1.807, 2.05) is 0 Å². The van der Waals surface area contributed by atoms with Gasteiger partial charge in [-0.15, -0.1) is 0 Å². The van der Waals surface area contributed by atoms with Crippen molar-refractivity contribution in [2.75, 3.05) is 0 Å². The largest absolute Gasteiger partial charge is 0.507 e. The Hall–Kier alpha value is -0.830. The molecule has 0 unspecified atom stereocenters. The van der Waals surface area contributed by atoms with Gasteiger partial charge in [0.25, 0.3) is 0 Å². The molecular weight excluding hydrogens is 208 g/mol. The summed E-state index contributed by atoms with van der Waals surface area (Å²) < 4.78 is 0.621. The predicted octanol–water partition coefficient (Wildman–Crippen LogP) is 2.28. The van der Waals surface area contributed by atoms with Crippen molar-refractivity contribution in [3.05, 3.63) is 27.7 Å². The first-order valence-electron chi connectivity index (χ1n) is 3.10. The van der Waals surface area contributed by atoms with Crippen LogP contribution >= 0.6 is 15.9 Å². The van der Waals surface area contributed by atoms with Gasteiger partial charge in [-0.2, -0.15) is 0 Å². The fraction of sp³-hybridized carbons (Fsp3) is 0.125. The van der Waals surface area contributed by atoms with Crippen LogP contribution in [-0.2, 0) is 0 Å². The van der Waals surface area contributed by atoms with Gasteiger partial charge in [0.2, 0.25) is 0 Å². The molecule has 0 atom stereocenters. The van der Waals surface area contributed by atoms with E-state index in [1.54, 1.807) is 19.1 Å². The van der Waals surface area contributed by atoms with Crippen molar-refractivity contribution in [2.45, 2.75) is 6.92 Å². The maximum Gasteiger partial charge on any atom is 0.154 e. The molecule has 1 aromatic rings. The van der Waals surface area contributed by atoms with Crippen LogP contribution in [-0.4, -0.2) is 11.4 Å². The van der Waals surface area contributed by atoms with E-state index in [1.165, 1.54) is 0 Å². The third-order valence-electron chi connectivity index (χ3n) is 1.48. The molecular formula is C8H7BrO2. The van der Waals surface area contributed by atoms with Gasteiger partial charge in [-0.05, 0) is 34.5 Å². The van der Waals surface area contributed by atoms with Gasteiger partial charge < -0.3 is 5.11 Å². The Morgan fingerprint density at radius 2 is 2.18 bits per heavy atom. The second kappa shape index (κ2) is 3.05. The van der Waals surface area contributed by atoms with Crippen molar-refractivity contribution in [1.29, 1.82) is 0 Å². The molecule has 3 heteroatoms. The van der Waals surface area contributed by atoms with Crippen molar-refractivity contribution >= 4 is 22.2 Å². The topological polar surface area (TPSA) is 37.3 Å². The molecule has 2 nitrogen and oxygen atoms in total. The van der Waals surface area contributed by atoms with E-state index in [4.69, 9.17) is 0 Å². The van der Waals surface area contributed by atoms with Crippen LogP contribution in [0.2, 0.25) is 0 Å². The number of phenolic OH excluding ortho intramolecular Hbond substituents is 1. The summed E-state index contributed by atoms with van der Waals surface area (Å²) in [5.74, 6) is 0.0503. The number of phenols is 1. The third kappa shape index (κ3) is 1.43. The van der Waals surface area contributed by atoms with E-state index < -0.39 is 0 Å². The number of carbonyl (C=O) groups excluding carboxylic acids is 1. The number of carbonyl (C=O) groups is 1. The lowest BCUT2D eigenvalue weighted by atomic mass is 10.1. The highest BCUT2D eigenvalue weighted by Gasteiger charge is 2.06. The highest BCUT2D eigenvalue weighted by molar-refractivity contribution is 9.10. The SMILES string of the molecule is Cc1ccc(Br)c(C=O)c1O. The summed E-state index contributed by atoms with van der Waals surface area (Å²) in [6.45, 7) is 1.74. The van der Waals surface area contributed by atoms with Crippen LogP contribution in [0, 0.1) is 6.92 Å². The molecule has 0 aromatic heterocycles. The smallest absolute Gasteiger partial charge is 0.154 e. The summed E-state index contributed by atoms with van der Waals surface area (Å²) >= 11 is 3.15. The predicted molar refractivity (Wildman–Crippen MR) is 45.9 cm³/mol. The van der Waals surface area contributed by atoms with E-state index in [-0.39, 0.29) is 5.75 Å². The van der Waals surface area contributed by atoms with Crippen LogP contribution < -0.4 is 0 Å². The average Bonchev–Trinajstić information content (AvgIpc) is 1.99. The fourth-order valence-electron chi connectivity index (χ4n) is 0.805. The van der Waals surface area contributed by atoms with Gasteiger partial charge in [0.05, 0.1) is 5.56 Å². The van der Waals surface area contributed by atoms with Gasteiger partial charge in [-0.25, -0.2) is 0 Å². The minimum Gasteiger partial charge on any atom is -0.507 e. The minimum atomic E-state index is 0.0503. The van der Waals surface area contributed by atoms with Gasteiger partial charge in [0, 0.05) is 4.47 Å². The monoisotopic (exact) mass is 214 g/mol. The van der Waals surface area contributed by atoms with Crippen LogP contribution in [0.4, 0.5) is 0 Å². The van der Waals surface area contributed by atoms with Gasteiger partial charge >= 0.3 is 0 Å². The van der Waals surface area contributed by atoms with Gasteiger partial charge in [-0.3, -0.25) is 4.79 Å². The van der Waals surface area contributed by atoms with Crippen LogP contribution in [0.25, 0.3) is 0 Å². The number of hydrogen-bond donors (Lipinski definition) is 1. The molecule has 0 saturated heterocycles. The number of hydrogen-bond acceptors (Lipinski definition) is 2. The van der Waals surface area contributed by atoms with Crippen molar-refractivity contribution in [3.63, 3.8) is 0 Å². The van der Waals surface area contributed by atoms with E-state index in [9.17, 15) is 9.90 Å². The molecule has 0 aliphatic heterocycles. The Morgan fingerprint density at radius 1 is 1.55 bits per heavy atom. The first-order valence-corrected chi connectivity index (χ1v) is 3.89. The minimum absolute atomic E-state index is 0.0503. The van der Waals surface area contributed by atoms with Crippen LogP contribution in [0.3, 0.4) is 0 Å².